The van der Waals surface area contributed by atoms with Gasteiger partial charge in [-0.2, -0.15) is 13.2 Å². The van der Waals surface area contributed by atoms with Crippen LogP contribution in [0.25, 0.3) is 0 Å². The SMILES string of the molecule is COC1CNCC(C2CCNC(NC3CC(NC(=O)C4OC(C)NC4C(F)(F)F)CCC3C)N2)C1. The van der Waals surface area contributed by atoms with Gasteiger partial charge < -0.3 is 20.1 Å². The monoisotopic (exact) mass is 506 g/mol. The first-order valence-corrected chi connectivity index (χ1v) is 12.9. The number of ether oxygens (including phenoxy) is 2. The van der Waals surface area contributed by atoms with Crippen LogP contribution in [-0.2, 0) is 14.3 Å². The Kier molecular flexibility index (Phi) is 8.94. The maximum absolute atomic E-state index is 13.3. The fraction of sp³-hybridized carbons (Fsp3) is 0.957. The molecular formula is C23H41F3N6O3. The predicted octanol–water partition coefficient (Wildman–Crippen LogP) is 0.374. The summed E-state index contributed by atoms with van der Waals surface area (Å²) in [5, 5.41) is 19.5. The summed E-state index contributed by atoms with van der Waals surface area (Å²) in [6.45, 7) is 6.40. The van der Waals surface area contributed by atoms with Crippen LogP contribution < -0.4 is 31.9 Å². The maximum atomic E-state index is 13.3. The van der Waals surface area contributed by atoms with Crippen molar-refractivity contribution in [1.29, 1.82) is 0 Å². The lowest BCUT2D eigenvalue weighted by Crippen LogP contribution is -2.66. The molecule has 3 saturated heterocycles. The Labute approximate surface area is 205 Å². The van der Waals surface area contributed by atoms with Crippen molar-refractivity contribution >= 4 is 5.91 Å². The van der Waals surface area contributed by atoms with Gasteiger partial charge in [-0.3, -0.25) is 26.1 Å². The standard InChI is InChI=1S/C23H41F3N6O3/c1-12-4-5-15(30-21(33)19-20(23(24,25)26)29-13(2)35-19)9-18(12)32-22-28-7-6-17(31-22)14-8-16(34-3)11-27-10-14/h12-20,22,27-29,31-32H,4-11H2,1-3H3,(H,30,33). The van der Waals surface area contributed by atoms with E-state index in [9.17, 15) is 18.0 Å². The van der Waals surface area contributed by atoms with Crippen LogP contribution in [0.2, 0.25) is 0 Å². The Balaban J connectivity index is 1.30. The van der Waals surface area contributed by atoms with Gasteiger partial charge in [0.1, 0.15) is 18.6 Å². The van der Waals surface area contributed by atoms with E-state index in [-0.39, 0.29) is 24.5 Å². The maximum Gasteiger partial charge on any atom is 0.407 e. The smallest absolute Gasteiger partial charge is 0.380 e. The van der Waals surface area contributed by atoms with Gasteiger partial charge in [0.25, 0.3) is 5.91 Å². The molecule has 4 aliphatic rings. The Hall–Kier alpha value is -1.02. The second-order valence-corrected chi connectivity index (χ2v) is 10.6. The summed E-state index contributed by atoms with van der Waals surface area (Å²) in [6, 6.07) is -1.71. The molecule has 9 nitrogen and oxygen atoms in total. The molecule has 0 spiro atoms. The molecule has 10 atom stereocenters. The molecule has 0 radical (unpaired) electrons. The number of alkyl halides is 3. The van der Waals surface area contributed by atoms with E-state index < -0.39 is 30.5 Å². The molecule has 10 unspecified atom stereocenters. The van der Waals surface area contributed by atoms with E-state index in [0.29, 0.717) is 24.3 Å². The van der Waals surface area contributed by atoms with E-state index >= 15 is 0 Å². The second kappa shape index (κ2) is 11.6. The van der Waals surface area contributed by atoms with E-state index in [1.165, 1.54) is 6.92 Å². The number of hydrogen-bond donors (Lipinski definition) is 6. The Bertz CT molecular complexity index is 716. The first-order valence-electron chi connectivity index (χ1n) is 12.9. The molecule has 202 valence electrons. The minimum absolute atomic E-state index is 0.0589. The Morgan fingerprint density at radius 3 is 2.63 bits per heavy atom. The fourth-order valence-electron chi connectivity index (χ4n) is 5.98. The van der Waals surface area contributed by atoms with Crippen molar-refractivity contribution in [1.82, 2.24) is 31.9 Å². The van der Waals surface area contributed by atoms with E-state index in [0.717, 1.165) is 45.3 Å². The van der Waals surface area contributed by atoms with Gasteiger partial charge in [-0.25, -0.2) is 0 Å². The molecule has 1 saturated carbocycles. The van der Waals surface area contributed by atoms with Crippen molar-refractivity contribution in [3.8, 4) is 0 Å². The minimum Gasteiger partial charge on any atom is -0.380 e. The first-order chi connectivity index (χ1) is 16.6. The quantitative estimate of drug-likeness (QED) is 0.307. The molecule has 12 heteroatoms. The number of nitrogens with one attached hydrogen (secondary N) is 6. The summed E-state index contributed by atoms with van der Waals surface area (Å²) < 4.78 is 50.9. The number of carbonyl (C=O) groups excluding carboxylic acids is 1. The summed E-state index contributed by atoms with van der Waals surface area (Å²) in [5.74, 6) is 0.169. The average Bonchev–Trinajstić information content (AvgIpc) is 3.24. The summed E-state index contributed by atoms with van der Waals surface area (Å²) >= 11 is 0. The minimum atomic E-state index is -4.55. The van der Waals surface area contributed by atoms with Crippen molar-refractivity contribution in [2.45, 2.75) is 101 Å². The molecular weight excluding hydrogens is 465 g/mol. The van der Waals surface area contributed by atoms with Crippen LogP contribution in [0.3, 0.4) is 0 Å². The molecule has 0 aromatic carbocycles. The molecule has 4 fully saturated rings. The number of amides is 1. The van der Waals surface area contributed by atoms with Gasteiger partial charge in [0, 0.05) is 31.8 Å². The number of hydrogen-bond acceptors (Lipinski definition) is 8. The summed E-state index contributed by atoms with van der Waals surface area (Å²) in [6.07, 6.45) is -2.45. The zero-order valence-corrected chi connectivity index (χ0v) is 20.8. The molecule has 3 aliphatic heterocycles. The van der Waals surface area contributed by atoms with Gasteiger partial charge in [-0.05, 0) is 64.0 Å². The lowest BCUT2D eigenvalue weighted by molar-refractivity contribution is -0.170. The number of carbonyl (C=O) groups is 1. The van der Waals surface area contributed by atoms with Crippen LogP contribution in [0, 0.1) is 11.8 Å². The third-order valence-corrected chi connectivity index (χ3v) is 8.03. The zero-order valence-electron chi connectivity index (χ0n) is 20.8. The lowest BCUT2D eigenvalue weighted by atomic mass is 9.82. The van der Waals surface area contributed by atoms with Crippen molar-refractivity contribution < 1.29 is 27.4 Å². The van der Waals surface area contributed by atoms with E-state index in [1.54, 1.807) is 7.11 Å². The third-order valence-electron chi connectivity index (χ3n) is 8.03. The van der Waals surface area contributed by atoms with Crippen LogP contribution in [0.4, 0.5) is 13.2 Å². The highest BCUT2D eigenvalue weighted by atomic mass is 19.4. The van der Waals surface area contributed by atoms with Crippen LogP contribution in [0.1, 0.15) is 46.0 Å². The first kappa shape index (κ1) is 27.0. The molecule has 4 rings (SSSR count). The van der Waals surface area contributed by atoms with Crippen LogP contribution >= 0.6 is 0 Å². The zero-order chi connectivity index (χ0) is 25.2. The van der Waals surface area contributed by atoms with Crippen LogP contribution in [-0.4, -0.2) is 87.7 Å². The van der Waals surface area contributed by atoms with Crippen LogP contribution in [0.15, 0.2) is 0 Å². The highest BCUT2D eigenvalue weighted by Gasteiger charge is 2.53. The van der Waals surface area contributed by atoms with Crippen molar-refractivity contribution in [3.05, 3.63) is 0 Å². The molecule has 0 aromatic heterocycles. The number of methoxy groups -OCH3 is 1. The molecule has 1 amide bonds. The largest absolute Gasteiger partial charge is 0.407 e. The molecule has 3 heterocycles. The van der Waals surface area contributed by atoms with Gasteiger partial charge in [0.05, 0.1) is 6.10 Å². The van der Waals surface area contributed by atoms with Gasteiger partial charge in [-0.1, -0.05) is 6.92 Å². The van der Waals surface area contributed by atoms with Crippen molar-refractivity contribution in [2.75, 3.05) is 26.7 Å². The fourth-order valence-corrected chi connectivity index (χ4v) is 5.98. The molecule has 35 heavy (non-hydrogen) atoms. The molecule has 1 aliphatic carbocycles. The van der Waals surface area contributed by atoms with Gasteiger partial charge in [0.2, 0.25) is 0 Å². The van der Waals surface area contributed by atoms with E-state index in [4.69, 9.17) is 9.47 Å². The normalized spacial score (nSPS) is 43.1. The van der Waals surface area contributed by atoms with Crippen molar-refractivity contribution in [2.24, 2.45) is 11.8 Å². The van der Waals surface area contributed by atoms with Gasteiger partial charge in [-0.15, -0.1) is 0 Å². The lowest BCUT2D eigenvalue weighted by Gasteiger charge is -2.43. The van der Waals surface area contributed by atoms with Crippen molar-refractivity contribution in [3.63, 3.8) is 0 Å². The highest BCUT2D eigenvalue weighted by molar-refractivity contribution is 5.82. The average molecular weight is 507 g/mol. The molecule has 6 N–H and O–H groups in total. The van der Waals surface area contributed by atoms with E-state index in [2.05, 4.69) is 38.8 Å². The summed E-state index contributed by atoms with van der Waals surface area (Å²) in [7, 11) is 1.76. The van der Waals surface area contributed by atoms with Gasteiger partial charge in [0.15, 0.2) is 6.10 Å². The van der Waals surface area contributed by atoms with Gasteiger partial charge >= 0.3 is 6.18 Å². The third kappa shape index (κ3) is 6.85. The number of rotatable bonds is 6. The number of halogens is 3. The Morgan fingerprint density at radius 2 is 1.89 bits per heavy atom. The molecule has 0 bridgehead atoms. The Morgan fingerprint density at radius 1 is 1.09 bits per heavy atom. The second-order valence-electron chi connectivity index (χ2n) is 10.6. The topological polar surface area (TPSA) is 108 Å². The molecule has 0 aromatic rings. The van der Waals surface area contributed by atoms with E-state index in [1.807, 2.05) is 0 Å². The number of piperidine rings is 1. The summed E-state index contributed by atoms with van der Waals surface area (Å²) in [4.78, 5) is 12.7. The summed E-state index contributed by atoms with van der Waals surface area (Å²) in [5.41, 5.74) is 0. The predicted molar refractivity (Wildman–Crippen MR) is 124 cm³/mol. The van der Waals surface area contributed by atoms with Crippen LogP contribution in [0.5, 0.6) is 0 Å². The highest BCUT2D eigenvalue weighted by Crippen LogP contribution is 2.30.